The number of methoxy groups -OCH3 is 1. The van der Waals surface area contributed by atoms with Crippen molar-refractivity contribution in [3.05, 3.63) is 0 Å². The summed E-state index contributed by atoms with van der Waals surface area (Å²) in [6.45, 7) is 5.71. The lowest BCUT2D eigenvalue weighted by Gasteiger charge is -2.10. The number of carbonyl (C=O) groups excluding carboxylic acids is 1. The van der Waals surface area contributed by atoms with Crippen molar-refractivity contribution in [3.8, 4) is 0 Å². The second kappa shape index (κ2) is 9.12. The average Bonchev–Trinajstić information content (AvgIpc) is 2.21. The fourth-order valence-corrected chi connectivity index (χ4v) is 0.909. The molecular formula is C10H20O4. The van der Waals surface area contributed by atoms with Crippen LogP contribution in [-0.4, -0.2) is 45.4 Å². The maximum atomic E-state index is 11.1. The van der Waals surface area contributed by atoms with Gasteiger partial charge in [-0.25, -0.2) is 0 Å². The normalized spacial score (nSPS) is 12.8. The van der Waals surface area contributed by atoms with Crippen LogP contribution in [0.2, 0.25) is 0 Å². The van der Waals surface area contributed by atoms with Crippen molar-refractivity contribution < 1.29 is 19.0 Å². The Morgan fingerprint density at radius 3 is 2.43 bits per heavy atom. The first kappa shape index (κ1) is 13.5. The Balaban J connectivity index is 3.23. The monoisotopic (exact) mass is 204 g/mol. The van der Waals surface area contributed by atoms with E-state index >= 15 is 0 Å². The molecule has 0 amide bonds. The summed E-state index contributed by atoms with van der Waals surface area (Å²) in [5, 5.41) is 0. The lowest BCUT2D eigenvalue weighted by atomic mass is 10.2. The predicted molar refractivity (Wildman–Crippen MR) is 53.4 cm³/mol. The van der Waals surface area contributed by atoms with Gasteiger partial charge in [-0.05, 0) is 6.92 Å². The van der Waals surface area contributed by atoms with Gasteiger partial charge in [-0.2, -0.15) is 0 Å². The van der Waals surface area contributed by atoms with Crippen molar-refractivity contribution in [2.45, 2.75) is 26.4 Å². The summed E-state index contributed by atoms with van der Waals surface area (Å²) < 4.78 is 15.2. The number of ether oxygens (including phenoxy) is 3. The molecule has 0 spiro atoms. The van der Waals surface area contributed by atoms with E-state index in [-0.39, 0.29) is 11.9 Å². The van der Waals surface area contributed by atoms with Gasteiger partial charge in [-0.15, -0.1) is 0 Å². The molecule has 0 saturated heterocycles. The van der Waals surface area contributed by atoms with Crippen LogP contribution in [-0.2, 0) is 19.0 Å². The van der Waals surface area contributed by atoms with Gasteiger partial charge in [-0.3, -0.25) is 4.79 Å². The third kappa shape index (κ3) is 7.00. The molecule has 4 nitrogen and oxygen atoms in total. The Hall–Kier alpha value is -0.450. The highest BCUT2D eigenvalue weighted by Crippen LogP contribution is 1.95. The third-order valence-corrected chi connectivity index (χ3v) is 1.83. The molecule has 4 heteroatoms. The number of ketones is 1. The predicted octanol–water partition coefficient (Wildman–Crippen LogP) is 1.03. The number of hydrogen-bond acceptors (Lipinski definition) is 4. The van der Waals surface area contributed by atoms with Crippen molar-refractivity contribution in [1.29, 1.82) is 0 Å². The summed E-state index contributed by atoms with van der Waals surface area (Å²) in [6.07, 6.45) is 0.206. The van der Waals surface area contributed by atoms with Crippen LogP contribution < -0.4 is 0 Å². The zero-order chi connectivity index (χ0) is 10.8. The molecule has 84 valence electrons. The van der Waals surface area contributed by atoms with Gasteiger partial charge in [-0.1, -0.05) is 6.92 Å². The summed E-state index contributed by atoms with van der Waals surface area (Å²) in [5.41, 5.74) is 0. The minimum atomic E-state index is -0.314. The van der Waals surface area contributed by atoms with Crippen molar-refractivity contribution in [1.82, 2.24) is 0 Å². The van der Waals surface area contributed by atoms with Gasteiger partial charge in [0, 0.05) is 13.5 Å². The number of hydrogen-bond donors (Lipinski definition) is 0. The molecule has 0 saturated carbocycles. The largest absolute Gasteiger partial charge is 0.382 e. The summed E-state index contributed by atoms with van der Waals surface area (Å²) in [4.78, 5) is 11.1. The number of rotatable bonds is 9. The van der Waals surface area contributed by atoms with E-state index in [4.69, 9.17) is 14.2 Å². The molecule has 0 radical (unpaired) electrons. The zero-order valence-corrected chi connectivity index (χ0v) is 9.25. The van der Waals surface area contributed by atoms with Crippen LogP contribution in [0.1, 0.15) is 20.3 Å². The first-order chi connectivity index (χ1) is 6.72. The van der Waals surface area contributed by atoms with Crippen molar-refractivity contribution in [2.24, 2.45) is 0 Å². The second-order valence-electron chi connectivity index (χ2n) is 2.94. The fourth-order valence-electron chi connectivity index (χ4n) is 0.909. The van der Waals surface area contributed by atoms with Crippen LogP contribution in [0.5, 0.6) is 0 Å². The molecule has 0 aromatic rings. The molecular weight excluding hydrogens is 184 g/mol. The highest BCUT2D eigenvalue weighted by atomic mass is 16.5. The maximum Gasteiger partial charge on any atom is 0.160 e. The summed E-state index contributed by atoms with van der Waals surface area (Å²) in [5.74, 6) is 0.127. The van der Waals surface area contributed by atoms with Crippen molar-refractivity contribution >= 4 is 5.78 Å². The minimum Gasteiger partial charge on any atom is -0.382 e. The first-order valence-corrected chi connectivity index (χ1v) is 4.93. The van der Waals surface area contributed by atoms with E-state index in [1.807, 2.05) is 6.92 Å². The molecule has 0 aliphatic heterocycles. The third-order valence-electron chi connectivity index (χ3n) is 1.83. The summed E-state index contributed by atoms with van der Waals surface area (Å²) in [7, 11) is 1.63. The maximum absolute atomic E-state index is 11.1. The van der Waals surface area contributed by atoms with Gasteiger partial charge < -0.3 is 14.2 Å². The van der Waals surface area contributed by atoms with Crippen LogP contribution in [0.25, 0.3) is 0 Å². The van der Waals surface area contributed by atoms with E-state index in [1.165, 1.54) is 0 Å². The van der Waals surface area contributed by atoms with Crippen LogP contribution in [0.15, 0.2) is 0 Å². The average molecular weight is 204 g/mol. The minimum absolute atomic E-state index is 0.127. The van der Waals surface area contributed by atoms with Crippen LogP contribution in [0.3, 0.4) is 0 Å². The van der Waals surface area contributed by atoms with Gasteiger partial charge in [0.25, 0.3) is 0 Å². The first-order valence-electron chi connectivity index (χ1n) is 4.93. The SMILES string of the molecule is CCC(=O)C(C)OCCOCCOC. The van der Waals surface area contributed by atoms with Gasteiger partial charge in [0.15, 0.2) is 5.78 Å². The molecule has 0 heterocycles. The van der Waals surface area contributed by atoms with E-state index in [2.05, 4.69) is 0 Å². The van der Waals surface area contributed by atoms with Crippen molar-refractivity contribution in [3.63, 3.8) is 0 Å². The van der Waals surface area contributed by atoms with Gasteiger partial charge in [0.05, 0.1) is 26.4 Å². The lowest BCUT2D eigenvalue weighted by Crippen LogP contribution is -2.22. The zero-order valence-electron chi connectivity index (χ0n) is 9.25. The second-order valence-corrected chi connectivity index (χ2v) is 2.94. The highest BCUT2D eigenvalue weighted by molar-refractivity contribution is 5.82. The Labute approximate surface area is 85.5 Å². The van der Waals surface area contributed by atoms with E-state index in [0.717, 1.165) is 0 Å². The molecule has 0 rings (SSSR count). The Bertz CT molecular complexity index is 147. The molecule has 0 aromatic heterocycles. The molecule has 0 aromatic carbocycles. The van der Waals surface area contributed by atoms with E-state index in [1.54, 1.807) is 14.0 Å². The van der Waals surface area contributed by atoms with Crippen molar-refractivity contribution in [2.75, 3.05) is 33.5 Å². The highest BCUT2D eigenvalue weighted by Gasteiger charge is 2.09. The molecule has 0 aliphatic rings. The van der Waals surface area contributed by atoms with E-state index < -0.39 is 0 Å². The van der Waals surface area contributed by atoms with Gasteiger partial charge in [0.1, 0.15) is 6.10 Å². The quantitative estimate of drug-likeness (QED) is 0.526. The fraction of sp³-hybridized carbons (Fsp3) is 0.900. The number of Topliss-reactive ketones (excluding diaryl/α,β-unsaturated/α-hetero) is 1. The molecule has 1 atom stereocenters. The van der Waals surface area contributed by atoms with Crippen LogP contribution in [0, 0.1) is 0 Å². The van der Waals surface area contributed by atoms with E-state index in [0.29, 0.717) is 32.8 Å². The lowest BCUT2D eigenvalue weighted by molar-refractivity contribution is -0.130. The topological polar surface area (TPSA) is 44.8 Å². The Kier molecular flexibility index (Phi) is 8.83. The molecule has 0 N–H and O–H groups in total. The standard InChI is InChI=1S/C10H20O4/c1-4-10(11)9(2)14-8-7-13-6-5-12-3/h9H,4-8H2,1-3H3. The Morgan fingerprint density at radius 2 is 1.86 bits per heavy atom. The molecule has 0 bridgehead atoms. The molecule has 14 heavy (non-hydrogen) atoms. The molecule has 0 fully saturated rings. The summed E-state index contributed by atoms with van der Waals surface area (Å²) in [6, 6.07) is 0. The smallest absolute Gasteiger partial charge is 0.160 e. The van der Waals surface area contributed by atoms with Gasteiger partial charge in [0.2, 0.25) is 0 Å². The number of carbonyl (C=O) groups is 1. The molecule has 0 aliphatic carbocycles. The van der Waals surface area contributed by atoms with Gasteiger partial charge >= 0.3 is 0 Å². The van der Waals surface area contributed by atoms with E-state index in [9.17, 15) is 4.79 Å². The summed E-state index contributed by atoms with van der Waals surface area (Å²) >= 11 is 0. The Morgan fingerprint density at radius 1 is 1.21 bits per heavy atom. The van der Waals surface area contributed by atoms with Crippen LogP contribution >= 0.6 is 0 Å². The molecule has 1 unspecified atom stereocenters. The van der Waals surface area contributed by atoms with Crippen LogP contribution in [0.4, 0.5) is 0 Å².